The maximum absolute atomic E-state index is 3.85. The van der Waals surface area contributed by atoms with Crippen LogP contribution in [0.5, 0.6) is 0 Å². The van der Waals surface area contributed by atoms with Gasteiger partial charge in [0.25, 0.3) is 0 Å². The van der Waals surface area contributed by atoms with Crippen LogP contribution >= 0.6 is 0 Å². The molecule has 78 valence electrons. The van der Waals surface area contributed by atoms with E-state index in [1.165, 1.54) is 57.8 Å². The molecule has 0 N–H and O–H groups in total. The summed E-state index contributed by atoms with van der Waals surface area (Å²) in [5.41, 5.74) is 0. The first-order chi connectivity index (χ1) is 6.41. The van der Waals surface area contributed by atoms with Gasteiger partial charge in [-0.1, -0.05) is 78.1 Å². The molecular weight excluding hydrogens is 156 g/mol. The second-order valence-electron chi connectivity index (χ2n) is 3.84. The first-order valence-corrected chi connectivity index (χ1v) is 6.02. The van der Waals surface area contributed by atoms with Gasteiger partial charge in [0.2, 0.25) is 0 Å². The van der Waals surface area contributed by atoms with Crippen LogP contribution < -0.4 is 0 Å². The summed E-state index contributed by atoms with van der Waals surface area (Å²) in [6.07, 6.45) is 15.9. The summed E-state index contributed by atoms with van der Waals surface area (Å²) in [5.74, 6) is 0. The van der Waals surface area contributed by atoms with E-state index in [1.807, 2.05) is 0 Å². The molecule has 0 saturated carbocycles. The molecular formula is C13H26. The van der Waals surface area contributed by atoms with Gasteiger partial charge >= 0.3 is 0 Å². The quantitative estimate of drug-likeness (QED) is 0.419. The fourth-order valence-electron chi connectivity index (χ4n) is 1.49. The van der Waals surface area contributed by atoms with Gasteiger partial charge < -0.3 is 0 Å². The van der Waals surface area contributed by atoms with E-state index >= 15 is 0 Å². The molecule has 0 bridgehead atoms. The molecule has 0 heteroatoms. The van der Waals surface area contributed by atoms with Crippen molar-refractivity contribution in [3.63, 3.8) is 0 Å². The van der Waals surface area contributed by atoms with Crippen LogP contribution in [-0.2, 0) is 0 Å². The summed E-state index contributed by atoms with van der Waals surface area (Å²) < 4.78 is 0. The second kappa shape index (κ2) is 12.0. The Morgan fingerprint density at radius 1 is 0.846 bits per heavy atom. The number of unbranched alkanes of at least 4 members (excludes halogenated alkanes) is 10. The van der Waals surface area contributed by atoms with Gasteiger partial charge in [0.15, 0.2) is 0 Å². The molecule has 0 amide bonds. The molecule has 0 rings (SSSR count). The van der Waals surface area contributed by atoms with Crippen LogP contribution in [0.2, 0.25) is 0 Å². The van der Waals surface area contributed by atoms with Crippen molar-refractivity contribution >= 4 is 0 Å². The van der Waals surface area contributed by atoms with Gasteiger partial charge in [-0.3, -0.25) is 0 Å². The van der Waals surface area contributed by atoms with Crippen molar-refractivity contribution in [1.82, 2.24) is 0 Å². The molecule has 2 radical (unpaired) electrons. The standard InChI is InChI=1S/C13H26/c1-3-5-7-9-11-13-12-10-8-6-4-2/h10H,1,3-9,11-13H2,2H3. The molecule has 0 heterocycles. The van der Waals surface area contributed by atoms with Gasteiger partial charge in [0.1, 0.15) is 0 Å². The lowest BCUT2D eigenvalue weighted by atomic mass is 10.1. The van der Waals surface area contributed by atoms with Crippen LogP contribution in [0.4, 0.5) is 0 Å². The fourth-order valence-corrected chi connectivity index (χ4v) is 1.49. The lowest BCUT2D eigenvalue weighted by Gasteiger charge is -2.00. The van der Waals surface area contributed by atoms with E-state index in [2.05, 4.69) is 20.3 Å². The van der Waals surface area contributed by atoms with Crippen LogP contribution in [0, 0.1) is 13.3 Å². The van der Waals surface area contributed by atoms with Crippen LogP contribution in [0.1, 0.15) is 71.1 Å². The highest BCUT2D eigenvalue weighted by molar-refractivity contribution is 4.63. The minimum atomic E-state index is 1.11. The molecule has 0 aliphatic heterocycles. The Kier molecular flexibility index (Phi) is 12.0. The molecule has 0 aromatic heterocycles. The predicted molar refractivity (Wildman–Crippen MR) is 61.5 cm³/mol. The summed E-state index contributed by atoms with van der Waals surface area (Å²) in [5, 5.41) is 0. The first-order valence-electron chi connectivity index (χ1n) is 6.02. The van der Waals surface area contributed by atoms with Crippen LogP contribution in [0.15, 0.2) is 0 Å². The van der Waals surface area contributed by atoms with Crippen molar-refractivity contribution < 1.29 is 0 Å². The molecule has 0 aromatic carbocycles. The van der Waals surface area contributed by atoms with E-state index in [4.69, 9.17) is 0 Å². The Balaban J connectivity index is 2.76. The van der Waals surface area contributed by atoms with E-state index in [-0.39, 0.29) is 0 Å². The molecule has 0 aliphatic carbocycles. The zero-order valence-electron chi connectivity index (χ0n) is 9.36. The smallest absolute Gasteiger partial charge is 0.0386 e. The monoisotopic (exact) mass is 182 g/mol. The summed E-state index contributed by atoms with van der Waals surface area (Å²) in [6.45, 7) is 6.10. The average Bonchev–Trinajstić information content (AvgIpc) is 2.16. The molecule has 0 aliphatic rings. The normalized spacial score (nSPS) is 10.6. The summed E-state index contributed by atoms with van der Waals surface area (Å²) in [7, 11) is 0. The number of rotatable bonds is 10. The Hall–Kier alpha value is 0. The molecule has 0 saturated heterocycles. The molecule has 0 fully saturated rings. The Bertz CT molecular complexity index is 66.1. The lowest BCUT2D eigenvalue weighted by molar-refractivity contribution is 0.605. The minimum absolute atomic E-state index is 1.11. The van der Waals surface area contributed by atoms with Crippen molar-refractivity contribution in [2.24, 2.45) is 0 Å². The Labute approximate surface area is 85.1 Å². The van der Waals surface area contributed by atoms with Crippen molar-refractivity contribution in [1.29, 1.82) is 0 Å². The zero-order chi connectivity index (χ0) is 9.78. The Morgan fingerprint density at radius 2 is 1.46 bits per heavy atom. The third-order valence-corrected chi connectivity index (χ3v) is 2.42. The number of hydrogen-bond acceptors (Lipinski definition) is 0. The molecule has 0 nitrogen and oxygen atoms in total. The van der Waals surface area contributed by atoms with Crippen molar-refractivity contribution in [3.8, 4) is 0 Å². The average molecular weight is 182 g/mol. The van der Waals surface area contributed by atoms with E-state index in [1.54, 1.807) is 0 Å². The molecule has 0 atom stereocenters. The highest BCUT2D eigenvalue weighted by Gasteiger charge is 1.91. The first kappa shape index (κ1) is 13.0. The van der Waals surface area contributed by atoms with Gasteiger partial charge in [-0.25, -0.2) is 0 Å². The van der Waals surface area contributed by atoms with E-state index < -0.39 is 0 Å². The topological polar surface area (TPSA) is 0 Å². The zero-order valence-corrected chi connectivity index (χ0v) is 9.36. The molecule has 13 heavy (non-hydrogen) atoms. The maximum Gasteiger partial charge on any atom is -0.0386 e. The molecule has 0 unspecified atom stereocenters. The van der Waals surface area contributed by atoms with Crippen molar-refractivity contribution in [2.45, 2.75) is 71.1 Å². The summed E-state index contributed by atoms with van der Waals surface area (Å²) in [4.78, 5) is 0. The van der Waals surface area contributed by atoms with Crippen LogP contribution in [0.3, 0.4) is 0 Å². The van der Waals surface area contributed by atoms with Crippen LogP contribution in [0.25, 0.3) is 0 Å². The SMILES string of the molecule is [CH2]CCCCCCC[CH]CCCC. The minimum Gasteiger partial charge on any atom is -0.0654 e. The van der Waals surface area contributed by atoms with Crippen molar-refractivity contribution in [3.05, 3.63) is 13.3 Å². The van der Waals surface area contributed by atoms with E-state index in [0.29, 0.717) is 0 Å². The second-order valence-corrected chi connectivity index (χ2v) is 3.84. The largest absolute Gasteiger partial charge is 0.0654 e. The fraction of sp³-hybridized carbons (Fsp3) is 0.846. The van der Waals surface area contributed by atoms with E-state index in [9.17, 15) is 0 Å². The van der Waals surface area contributed by atoms with Crippen LogP contribution in [-0.4, -0.2) is 0 Å². The molecule has 0 spiro atoms. The third-order valence-electron chi connectivity index (χ3n) is 2.42. The van der Waals surface area contributed by atoms with Gasteiger partial charge in [-0.05, 0) is 6.42 Å². The van der Waals surface area contributed by atoms with Gasteiger partial charge in [0.05, 0.1) is 0 Å². The highest BCUT2D eigenvalue weighted by atomic mass is 14.0. The summed E-state index contributed by atoms with van der Waals surface area (Å²) in [6, 6.07) is 0. The number of hydrogen-bond donors (Lipinski definition) is 0. The summed E-state index contributed by atoms with van der Waals surface area (Å²) >= 11 is 0. The third kappa shape index (κ3) is 12.0. The lowest BCUT2D eigenvalue weighted by Crippen LogP contribution is -1.81. The maximum atomic E-state index is 3.85. The van der Waals surface area contributed by atoms with Crippen molar-refractivity contribution in [2.75, 3.05) is 0 Å². The predicted octanol–water partition coefficient (Wildman–Crippen LogP) is 4.95. The van der Waals surface area contributed by atoms with E-state index in [0.717, 1.165) is 6.42 Å². The van der Waals surface area contributed by atoms with Gasteiger partial charge in [-0.2, -0.15) is 0 Å². The van der Waals surface area contributed by atoms with Gasteiger partial charge in [-0.15, -0.1) is 0 Å². The molecule has 0 aromatic rings. The highest BCUT2D eigenvalue weighted by Crippen LogP contribution is 2.09. The Morgan fingerprint density at radius 3 is 2.15 bits per heavy atom. The van der Waals surface area contributed by atoms with Gasteiger partial charge in [0, 0.05) is 0 Å².